The molecule has 20 heavy (non-hydrogen) atoms. The third-order valence-electron chi connectivity index (χ3n) is 3.46. The Kier molecular flexibility index (Phi) is 4.08. The Labute approximate surface area is 118 Å². The van der Waals surface area contributed by atoms with E-state index >= 15 is 0 Å². The lowest BCUT2D eigenvalue weighted by molar-refractivity contribution is -0.385. The fourth-order valence-corrected chi connectivity index (χ4v) is 2.29. The lowest BCUT2D eigenvalue weighted by atomic mass is 10.1. The minimum Gasteiger partial charge on any atom is -0.379 e. The van der Waals surface area contributed by atoms with Crippen LogP contribution in [0.15, 0.2) is 30.5 Å². The van der Waals surface area contributed by atoms with Gasteiger partial charge in [-0.15, -0.1) is 0 Å². The largest absolute Gasteiger partial charge is 0.379 e. The number of aryl methyl sites for hydroxylation is 3. The number of aromatic nitrogens is 1. The summed E-state index contributed by atoms with van der Waals surface area (Å²) < 4.78 is 2.17. The first-order valence-corrected chi connectivity index (χ1v) is 6.66. The summed E-state index contributed by atoms with van der Waals surface area (Å²) in [4.78, 5) is 10.6. The van der Waals surface area contributed by atoms with Gasteiger partial charge in [0.05, 0.1) is 11.5 Å². The summed E-state index contributed by atoms with van der Waals surface area (Å²) in [5.74, 6) is 0. The molecule has 0 bridgehead atoms. The molecule has 1 heterocycles. The summed E-state index contributed by atoms with van der Waals surface area (Å²) in [6.45, 7) is 7.39. The average molecular weight is 273 g/mol. The first-order valence-electron chi connectivity index (χ1n) is 6.66. The summed E-state index contributed by atoms with van der Waals surface area (Å²) >= 11 is 0. The molecule has 2 rings (SSSR count). The van der Waals surface area contributed by atoms with E-state index in [1.807, 2.05) is 25.3 Å². The van der Waals surface area contributed by atoms with Crippen LogP contribution in [-0.4, -0.2) is 9.49 Å². The molecule has 0 fully saturated rings. The van der Waals surface area contributed by atoms with Crippen LogP contribution in [0.2, 0.25) is 0 Å². The van der Waals surface area contributed by atoms with Gasteiger partial charge in [-0.05, 0) is 44.5 Å². The molecule has 0 saturated carbocycles. The summed E-state index contributed by atoms with van der Waals surface area (Å²) in [6, 6.07) is 7.56. The van der Waals surface area contributed by atoms with Crippen LogP contribution >= 0.6 is 0 Å². The fourth-order valence-electron chi connectivity index (χ4n) is 2.29. The highest BCUT2D eigenvalue weighted by Gasteiger charge is 2.13. The van der Waals surface area contributed by atoms with Gasteiger partial charge in [0.1, 0.15) is 0 Å². The maximum absolute atomic E-state index is 10.9. The second kappa shape index (κ2) is 5.77. The molecule has 5 heteroatoms. The Hall–Kier alpha value is -2.30. The number of nitrogens with zero attached hydrogens (tertiary/aromatic N) is 2. The van der Waals surface area contributed by atoms with E-state index in [9.17, 15) is 10.1 Å². The van der Waals surface area contributed by atoms with Gasteiger partial charge < -0.3 is 9.88 Å². The molecule has 5 nitrogen and oxygen atoms in total. The van der Waals surface area contributed by atoms with E-state index in [1.165, 1.54) is 5.69 Å². The van der Waals surface area contributed by atoms with Gasteiger partial charge in [0.2, 0.25) is 0 Å². The number of hydrogen-bond acceptors (Lipinski definition) is 3. The summed E-state index contributed by atoms with van der Waals surface area (Å²) in [6.07, 6.45) is 2.05. The number of rotatable bonds is 5. The van der Waals surface area contributed by atoms with Crippen molar-refractivity contribution in [1.29, 1.82) is 0 Å². The third kappa shape index (κ3) is 2.82. The number of anilines is 1. The van der Waals surface area contributed by atoms with E-state index in [1.54, 1.807) is 13.0 Å². The van der Waals surface area contributed by atoms with Crippen molar-refractivity contribution in [3.8, 4) is 0 Å². The van der Waals surface area contributed by atoms with Crippen molar-refractivity contribution in [3.63, 3.8) is 0 Å². The summed E-state index contributed by atoms with van der Waals surface area (Å²) in [7, 11) is 0. The Morgan fingerprint density at radius 2 is 2.05 bits per heavy atom. The van der Waals surface area contributed by atoms with Gasteiger partial charge in [-0.2, -0.15) is 0 Å². The Balaban J connectivity index is 2.18. The Morgan fingerprint density at radius 1 is 1.30 bits per heavy atom. The van der Waals surface area contributed by atoms with Crippen molar-refractivity contribution in [2.75, 3.05) is 5.32 Å². The highest BCUT2D eigenvalue weighted by atomic mass is 16.6. The third-order valence-corrected chi connectivity index (χ3v) is 3.46. The van der Waals surface area contributed by atoms with Crippen LogP contribution in [0, 0.1) is 24.0 Å². The van der Waals surface area contributed by atoms with Gasteiger partial charge in [0.15, 0.2) is 0 Å². The lowest BCUT2D eigenvalue weighted by Crippen LogP contribution is -2.07. The second-order valence-electron chi connectivity index (χ2n) is 4.85. The zero-order valence-corrected chi connectivity index (χ0v) is 12.0. The van der Waals surface area contributed by atoms with E-state index in [4.69, 9.17) is 0 Å². The van der Waals surface area contributed by atoms with Crippen LogP contribution in [0.4, 0.5) is 11.4 Å². The number of nitro benzene ring substituents is 1. The molecule has 0 amide bonds. The molecule has 0 aliphatic carbocycles. The zero-order valence-electron chi connectivity index (χ0n) is 12.0. The van der Waals surface area contributed by atoms with Gasteiger partial charge in [0.25, 0.3) is 5.69 Å². The normalized spacial score (nSPS) is 10.6. The standard InChI is InChI=1S/C15H19N3O2/c1-4-17-7-5-6-13(17)10-16-14-8-12(3)15(18(19)20)9-11(14)2/h5-9,16H,4,10H2,1-3H3. The molecule has 1 N–H and O–H groups in total. The SMILES string of the molecule is CCn1cccc1CNc1cc(C)c([N+](=O)[O-])cc1C. The predicted octanol–water partition coefficient (Wildman–Crippen LogP) is 3.65. The van der Waals surface area contributed by atoms with Crippen molar-refractivity contribution < 1.29 is 4.92 Å². The maximum Gasteiger partial charge on any atom is 0.272 e. The molecule has 0 saturated heterocycles. The van der Waals surface area contributed by atoms with Crippen molar-refractivity contribution in [2.24, 2.45) is 0 Å². The molecule has 0 spiro atoms. The van der Waals surface area contributed by atoms with Crippen molar-refractivity contribution >= 4 is 11.4 Å². The predicted molar refractivity (Wildman–Crippen MR) is 80.0 cm³/mol. The number of nitrogens with one attached hydrogen (secondary N) is 1. The molecule has 2 aromatic rings. The summed E-state index contributed by atoms with van der Waals surface area (Å²) in [5, 5.41) is 14.2. The molecule has 0 unspecified atom stereocenters. The van der Waals surface area contributed by atoms with Crippen molar-refractivity contribution in [2.45, 2.75) is 33.9 Å². The first kappa shape index (κ1) is 14.1. The summed E-state index contributed by atoms with van der Waals surface area (Å²) in [5.41, 5.74) is 3.87. The average Bonchev–Trinajstić information content (AvgIpc) is 2.86. The van der Waals surface area contributed by atoms with Crippen LogP contribution in [0.3, 0.4) is 0 Å². The number of hydrogen-bond donors (Lipinski definition) is 1. The first-order chi connectivity index (χ1) is 9.52. The molecule has 0 aliphatic rings. The zero-order chi connectivity index (χ0) is 14.7. The molecular formula is C15H19N3O2. The minimum atomic E-state index is -0.339. The topological polar surface area (TPSA) is 60.1 Å². The van der Waals surface area contributed by atoms with Crippen LogP contribution in [0.25, 0.3) is 0 Å². The molecule has 1 aromatic heterocycles. The smallest absolute Gasteiger partial charge is 0.272 e. The van der Waals surface area contributed by atoms with Crippen LogP contribution in [0.1, 0.15) is 23.7 Å². The number of nitro groups is 1. The van der Waals surface area contributed by atoms with E-state index in [-0.39, 0.29) is 10.6 Å². The van der Waals surface area contributed by atoms with Crippen LogP contribution in [-0.2, 0) is 13.1 Å². The lowest BCUT2D eigenvalue weighted by Gasteiger charge is -2.12. The van der Waals surface area contributed by atoms with Crippen LogP contribution < -0.4 is 5.32 Å². The quantitative estimate of drug-likeness (QED) is 0.668. The van der Waals surface area contributed by atoms with Gasteiger partial charge in [-0.1, -0.05) is 0 Å². The maximum atomic E-state index is 10.9. The van der Waals surface area contributed by atoms with Crippen molar-refractivity contribution in [3.05, 3.63) is 57.4 Å². The molecule has 0 atom stereocenters. The minimum absolute atomic E-state index is 0.171. The van der Waals surface area contributed by atoms with Gasteiger partial charge in [-0.25, -0.2) is 0 Å². The Morgan fingerprint density at radius 3 is 2.70 bits per heavy atom. The Bertz CT molecular complexity index is 632. The van der Waals surface area contributed by atoms with E-state index in [2.05, 4.69) is 22.9 Å². The molecule has 1 aromatic carbocycles. The van der Waals surface area contributed by atoms with Gasteiger partial charge in [0, 0.05) is 35.8 Å². The van der Waals surface area contributed by atoms with Crippen molar-refractivity contribution in [1.82, 2.24) is 4.57 Å². The van der Waals surface area contributed by atoms with E-state index < -0.39 is 0 Å². The fraction of sp³-hybridized carbons (Fsp3) is 0.333. The van der Waals surface area contributed by atoms with Crippen LogP contribution in [0.5, 0.6) is 0 Å². The molecule has 106 valence electrons. The van der Waals surface area contributed by atoms with Gasteiger partial charge in [-0.3, -0.25) is 10.1 Å². The highest BCUT2D eigenvalue weighted by molar-refractivity contribution is 5.59. The highest BCUT2D eigenvalue weighted by Crippen LogP contribution is 2.26. The van der Waals surface area contributed by atoms with Gasteiger partial charge >= 0.3 is 0 Å². The molecule has 0 radical (unpaired) electrons. The number of benzene rings is 1. The second-order valence-corrected chi connectivity index (χ2v) is 4.85. The molecular weight excluding hydrogens is 254 g/mol. The van der Waals surface area contributed by atoms with E-state index in [0.717, 1.165) is 17.8 Å². The monoisotopic (exact) mass is 273 g/mol. The molecule has 0 aliphatic heterocycles. The van der Waals surface area contributed by atoms with E-state index in [0.29, 0.717) is 12.1 Å².